The van der Waals surface area contributed by atoms with Gasteiger partial charge in [-0.1, -0.05) is 0 Å². The van der Waals surface area contributed by atoms with Gasteiger partial charge in [-0.2, -0.15) is 0 Å². The van der Waals surface area contributed by atoms with E-state index in [9.17, 15) is 0 Å². The molecule has 0 aliphatic rings. The molecular formula is C14H30O3. The normalized spacial score (nSPS) is 15.2. The summed E-state index contributed by atoms with van der Waals surface area (Å²) in [6.45, 7) is 16.3. The van der Waals surface area contributed by atoms with Crippen molar-refractivity contribution in [3.05, 3.63) is 0 Å². The topological polar surface area (TPSA) is 27.7 Å². The molecule has 0 aliphatic heterocycles. The molecule has 0 atom stereocenters. The zero-order valence-electron chi connectivity index (χ0n) is 13.2. The molecule has 3 heteroatoms. The predicted molar refractivity (Wildman–Crippen MR) is 71.4 cm³/mol. The van der Waals surface area contributed by atoms with E-state index in [1.165, 1.54) is 0 Å². The van der Waals surface area contributed by atoms with Crippen LogP contribution in [0.4, 0.5) is 0 Å². The summed E-state index contributed by atoms with van der Waals surface area (Å²) < 4.78 is 17.3. The van der Waals surface area contributed by atoms with Crippen LogP contribution >= 0.6 is 0 Å². The Morgan fingerprint density at radius 1 is 0.471 bits per heavy atom. The Balaban J connectivity index is 5.07. The van der Waals surface area contributed by atoms with Gasteiger partial charge in [-0.3, -0.25) is 0 Å². The molecule has 104 valence electrons. The summed E-state index contributed by atoms with van der Waals surface area (Å²) >= 11 is 0. The third-order valence-electron chi connectivity index (χ3n) is 4.43. The average Bonchev–Trinajstić information content (AvgIpc) is 2.15. The van der Waals surface area contributed by atoms with Crippen LogP contribution in [0.25, 0.3) is 0 Å². The zero-order chi connectivity index (χ0) is 14.1. The van der Waals surface area contributed by atoms with Crippen LogP contribution in [0, 0.1) is 0 Å². The summed E-state index contributed by atoms with van der Waals surface area (Å²) in [6, 6.07) is 0. The second-order valence-electron chi connectivity index (χ2n) is 6.55. The molecule has 0 saturated heterocycles. The molecule has 0 aromatic heterocycles. The summed E-state index contributed by atoms with van der Waals surface area (Å²) in [7, 11) is 3.42. The van der Waals surface area contributed by atoms with Gasteiger partial charge in [0.1, 0.15) is 0 Å². The molecule has 0 N–H and O–H groups in total. The maximum atomic E-state index is 6.29. The van der Waals surface area contributed by atoms with Crippen LogP contribution in [0.2, 0.25) is 0 Å². The maximum absolute atomic E-state index is 6.29. The number of hydrogen-bond donors (Lipinski definition) is 0. The Kier molecular flexibility index (Phi) is 4.83. The van der Waals surface area contributed by atoms with Gasteiger partial charge in [0.05, 0.1) is 22.4 Å². The van der Waals surface area contributed by atoms with E-state index in [2.05, 4.69) is 0 Å². The second kappa shape index (κ2) is 4.87. The molecule has 0 spiro atoms. The molecular weight excluding hydrogens is 216 g/mol. The van der Waals surface area contributed by atoms with Crippen molar-refractivity contribution in [2.45, 2.75) is 77.8 Å². The number of hydrogen-bond acceptors (Lipinski definition) is 3. The van der Waals surface area contributed by atoms with Gasteiger partial charge in [0, 0.05) is 14.2 Å². The van der Waals surface area contributed by atoms with Crippen molar-refractivity contribution in [2.75, 3.05) is 14.2 Å². The van der Waals surface area contributed by atoms with E-state index in [1.54, 1.807) is 14.2 Å². The molecule has 0 aromatic carbocycles. The molecule has 0 bridgehead atoms. The Hall–Kier alpha value is -0.120. The monoisotopic (exact) mass is 246 g/mol. The lowest BCUT2D eigenvalue weighted by molar-refractivity contribution is -0.259. The molecule has 0 aliphatic carbocycles. The first-order chi connectivity index (χ1) is 7.33. The summed E-state index contributed by atoms with van der Waals surface area (Å²) in [5, 5.41) is 0. The Bertz CT molecular complexity index is 226. The van der Waals surface area contributed by atoms with E-state index in [-0.39, 0.29) is 11.2 Å². The second-order valence-corrected chi connectivity index (χ2v) is 6.55. The molecule has 0 saturated carbocycles. The van der Waals surface area contributed by atoms with E-state index >= 15 is 0 Å². The van der Waals surface area contributed by atoms with Crippen molar-refractivity contribution in [2.24, 2.45) is 0 Å². The molecule has 0 fully saturated rings. The fourth-order valence-corrected chi connectivity index (χ4v) is 1.38. The van der Waals surface area contributed by atoms with Crippen molar-refractivity contribution in [1.82, 2.24) is 0 Å². The Morgan fingerprint density at radius 3 is 0.882 bits per heavy atom. The average molecular weight is 246 g/mol. The largest absolute Gasteiger partial charge is 0.376 e. The number of ether oxygens (including phenoxy) is 3. The van der Waals surface area contributed by atoms with Gasteiger partial charge in [-0.05, 0) is 55.4 Å². The van der Waals surface area contributed by atoms with Gasteiger partial charge in [0.25, 0.3) is 0 Å². The van der Waals surface area contributed by atoms with E-state index < -0.39 is 11.2 Å². The summed E-state index contributed by atoms with van der Waals surface area (Å²) in [5.74, 6) is 0. The van der Waals surface area contributed by atoms with Crippen LogP contribution in [0.1, 0.15) is 55.4 Å². The summed E-state index contributed by atoms with van der Waals surface area (Å²) in [4.78, 5) is 0. The molecule has 0 aromatic rings. The van der Waals surface area contributed by atoms with Gasteiger partial charge >= 0.3 is 0 Å². The molecule has 0 amide bonds. The third kappa shape index (κ3) is 3.43. The molecule has 0 rings (SSSR count). The first kappa shape index (κ1) is 16.9. The van der Waals surface area contributed by atoms with Gasteiger partial charge in [0.15, 0.2) is 0 Å². The Morgan fingerprint density at radius 2 is 0.706 bits per heavy atom. The highest BCUT2D eigenvalue weighted by molar-refractivity contribution is 4.97. The van der Waals surface area contributed by atoms with Crippen LogP contribution in [-0.2, 0) is 14.2 Å². The molecule has 0 heterocycles. The molecule has 0 radical (unpaired) electrons. The van der Waals surface area contributed by atoms with E-state index in [0.717, 1.165) is 0 Å². The first-order valence-corrected chi connectivity index (χ1v) is 6.13. The zero-order valence-corrected chi connectivity index (χ0v) is 13.2. The Labute approximate surface area is 107 Å². The molecule has 3 nitrogen and oxygen atoms in total. The molecule has 17 heavy (non-hydrogen) atoms. The molecule has 0 unspecified atom stereocenters. The lowest BCUT2D eigenvalue weighted by atomic mass is 9.84. The van der Waals surface area contributed by atoms with Crippen molar-refractivity contribution in [3.8, 4) is 0 Å². The van der Waals surface area contributed by atoms with Gasteiger partial charge < -0.3 is 14.2 Å². The highest BCUT2D eigenvalue weighted by Crippen LogP contribution is 2.38. The summed E-state index contributed by atoms with van der Waals surface area (Å²) in [5.41, 5.74) is -1.57. The maximum Gasteiger partial charge on any atom is 0.0918 e. The summed E-state index contributed by atoms with van der Waals surface area (Å²) in [6.07, 6.45) is 0. The predicted octanol–water partition coefficient (Wildman–Crippen LogP) is 3.41. The minimum absolute atomic E-state index is 0.367. The van der Waals surface area contributed by atoms with Crippen LogP contribution in [0.3, 0.4) is 0 Å². The van der Waals surface area contributed by atoms with Crippen molar-refractivity contribution < 1.29 is 14.2 Å². The first-order valence-electron chi connectivity index (χ1n) is 6.13. The fraction of sp³-hybridized carbons (Fsp3) is 1.00. The third-order valence-corrected chi connectivity index (χ3v) is 4.43. The van der Waals surface area contributed by atoms with E-state index in [0.29, 0.717) is 0 Å². The fourth-order valence-electron chi connectivity index (χ4n) is 1.38. The highest BCUT2D eigenvalue weighted by Gasteiger charge is 2.47. The van der Waals surface area contributed by atoms with Crippen LogP contribution in [-0.4, -0.2) is 36.6 Å². The van der Waals surface area contributed by atoms with E-state index in [1.807, 2.05) is 55.4 Å². The van der Waals surface area contributed by atoms with Gasteiger partial charge in [0.2, 0.25) is 0 Å². The highest BCUT2D eigenvalue weighted by atomic mass is 16.6. The lowest BCUT2D eigenvalue weighted by Crippen LogP contribution is -2.58. The quantitative estimate of drug-likeness (QED) is 0.719. The minimum Gasteiger partial charge on any atom is -0.376 e. The minimum atomic E-state index is -0.416. The standard InChI is InChI=1S/C14H30O3/c1-11(2,15-9)13(5,6)17-14(7,8)12(3,4)16-10/h1-10H3. The van der Waals surface area contributed by atoms with Crippen molar-refractivity contribution in [1.29, 1.82) is 0 Å². The smallest absolute Gasteiger partial charge is 0.0918 e. The lowest BCUT2D eigenvalue weighted by Gasteiger charge is -2.49. The van der Waals surface area contributed by atoms with Gasteiger partial charge in [-0.25, -0.2) is 0 Å². The van der Waals surface area contributed by atoms with Crippen LogP contribution < -0.4 is 0 Å². The van der Waals surface area contributed by atoms with Crippen LogP contribution in [0.15, 0.2) is 0 Å². The number of methoxy groups -OCH3 is 2. The van der Waals surface area contributed by atoms with Crippen molar-refractivity contribution in [3.63, 3.8) is 0 Å². The van der Waals surface area contributed by atoms with Crippen LogP contribution in [0.5, 0.6) is 0 Å². The SMILES string of the molecule is COC(C)(C)C(C)(C)OC(C)(C)C(C)(C)OC. The van der Waals surface area contributed by atoms with Crippen molar-refractivity contribution >= 4 is 0 Å². The van der Waals surface area contributed by atoms with Gasteiger partial charge in [-0.15, -0.1) is 0 Å². The van der Waals surface area contributed by atoms with E-state index in [4.69, 9.17) is 14.2 Å². The number of rotatable bonds is 6.